The van der Waals surface area contributed by atoms with Crippen LogP contribution in [0.25, 0.3) is 0 Å². The summed E-state index contributed by atoms with van der Waals surface area (Å²) in [6.07, 6.45) is 2.64. The smallest absolute Gasteiger partial charge is 0.135 e. The molecule has 0 bridgehead atoms. The third-order valence-electron chi connectivity index (χ3n) is 6.11. The first-order valence-corrected chi connectivity index (χ1v) is 11.9. The summed E-state index contributed by atoms with van der Waals surface area (Å²) in [5, 5.41) is 0. The first-order chi connectivity index (χ1) is 14.9. The van der Waals surface area contributed by atoms with Gasteiger partial charge in [-0.25, -0.2) is 8.60 Å². The number of likely N-dealkylation sites (N-methyl/N-ethyl adjacent to an activating group) is 1. The molecule has 3 aromatic rings. The number of quaternary nitrogens is 1. The van der Waals surface area contributed by atoms with Gasteiger partial charge in [0.25, 0.3) is 0 Å². The van der Waals surface area contributed by atoms with Crippen molar-refractivity contribution in [2.24, 2.45) is 0 Å². The molecule has 0 aliphatic carbocycles. The molecule has 4 rings (SSSR count). The maximum absolute atomic E-state index is 13.8. The van der Waals surface area contributed by atoms with E-state index in [9.17, 15) is 8.60 Å². The van der Waals surface area contributed by atoms with Gasteiger partial charge in [-0.1, -0.05) is 24.3 Å². The van der Waals surface area contributed by atoms with Crippen LogP contribution in [-0.2, 0) is 30.1 Å². The Morgan fingerprint density at radius 3 is 2.26 bits per heavy atom. The zero-order valence-electron chi connectivity index (χ0n) is 18.3. The number of methoxy groups -OCH3 is 1. The summed E-state index contributed by atoms with van der Waals surface area (Å²) in [6, 6.07) is 17.2. The highest BCUT2D eigenvalue weighted by Gasteiger charge is 2.20. The predicted molar refractivity (Wildman–Crippen MR) is 122 cm³/mol. The molecule has 0 amide bonds. The van der Waals surface area contributed by atoms with E-state index in [2.05, 4.69) is 19.2 Å². The lowest BCUT2D eigenvalue weighted by Crippen LogP contribution is -3.09. The third-order valence-corrected chi connectivity index (χ3v) is 7.53. The van der Waals surface area contributed by atoms with Crippen molar-refractivity contribution < 1.29 is 18.2 Å². The fourth-order valence-electron chi connectivity index (χ4n) is 4.08. The molecule has 3 aromatic carbocycles. The molecule has 5 heteroatoms. The molecule has 31 heavy (non-hydrogen) atoms. The number of benzene rings is 3. The summed E-state index contributed by atoms with van der Waals surface area (Å²) < 4.78 is 32.8. The lowest BCUT2D eigenvalue weighted by atomic mass is 10.0. The van der Waals surface area contributed by atoms with Crippen LogP contribution in [0, 0.1) is 12.7 Å². The van der Waals surface area contributed by atoms with Crippen LogP contribution in [0.3, 0.4) is 0 Å². The molecule has 1 aliphatic heterocycles. The predicted octanol–water partition coefficient (Wildman–Crippen LogP) is 3.51. The van der Waals surface area contributed by atoms with E-state index in [4.69, 9.17) is 4.74 Å². The number of rotatable bonds is 5. The molecule has 1 N–H and O–H groups in total. The highest BCUT2D eigenvalue weighted by atomic mass is 32.2. The zero-order valence-corrected chi connectivity index (χ0v) is 19.2. The van der Waals surface area contributed by atoms with E-state index in [1.54, 1.807) is 26.2 Å². The first-order valence-electron chi connectivity index (χ1n) is 10.7. The van der Waals surface area contributed by atoms with Gasteiger partial charge in [0, 0.05) is 17.7 Å². The quantitative estimate of drug-likeness (QED) is 0.661. The second-order valence-electron chi connectivity index (χ2n) is 8.40. The summed E-state index contributed by atoms with van der Waals surface area (Å²) in [4.78, 5) is 2.99. The normalized spacial score (nSPS) is 17.0. The Balaban J connectivity index is 1.57. The van der Waals surface area contributed by atoms with Gasteiger partial charge in [0.05, 0.1) is 42.9 Å². The van der Waals surface area contributed by atoms with Crippen LogP contribution in [0.4, 0.5) is 4.39 Å². The number of nitrogens with one attached hydrogen (secondary N) is 1. The van der Waals surface area contributed by atoms with Crippen molar-refractivity contribution in [2.45, 2.75) is 36.0 Å². The molecule has 162 valence electrons. The summed E-state index contributed by atoms with van der Waals surface area (Å²) in [5.74, 6) is 0.508. The SMILES string of the molecule is COc1cc2c(cc1S(=O)c1ccc(Cc3ccc(C)c(F)c3)cc1)CC[NH+](C)CC2. The Kier molecular flexibility index (Phi) is 6.54. The van der Waals surface area contributed by atoms with Gasteiger partial charge in [0.1, 0.15) is 11.6 Å². The van der Waals surface area contributed by atoms with Crippen LogP contribution < -0.4 is 9.64 Å². The molecule has 3 nitrogen and oxygen atoms in total. The molecular formula is C26H29FNO2S+. The molecular weight excluding hydrogens is 409 g/mol. The Bertz CT molecular complexity index is 1110. The maximum atomic E-state index is 13.8. The molecule has 0 saturated carbocycles. The maximum Gasteiger partial charge on any atom is 0.135 e. The minimum Gasteiger partial charge on any atom is -0.495 e. The minimum absolute atomic E-state index is 0.182. The molecule has 0 spiro atoms. The second kappa shape index (κ2) is 9.33. The highest BCUT2D eigenvalue weighted by Crippen LogP contribution is 2.31. The number of fused-ring (bicyclic) bond motifs is 1. The monoisotopic (exact) mass is 438 g/mol. The molecule has 0 radical (unpaired) electrons. The van der Waals surface area contributed by atoms with Crippen LogP contribution in [0.1, 0.15) is 27.8 Å². The molecule has 0 fully saturated rings. The van der Waals surface area contributed by atoms with Crippen molar-refractivity contribution in [1.82, 2.24) is 0 Å². The summed E-state index contributed by atoms with van der Waals surface area (Å²) >= 11 is 0. The van der Waals surface area contributed by atoms with Crippen LogP contribution in [0.5, 0.6) is 5.75 Å². The van der Waals surface area contributed by atoms with Gasteiger partial charge in [-0.15, -0.1) is 0 Å². The van der Waals surface area contributed by atoms with Gasteiger partial charge in [-0.2, -0.15) is 0 Å². The van der Waals surface area contributed by atoms with E-state index >= 15 is 0 Å². The standard InChI is InChI=1S/C26H28FNO2S/c1-18-4-5-20(15-24(18)27)14-19-6-8-23(9-7-19)31(29)26-17-22-11-13-28(2)12-10-21(22)16-25(26)30-3/h4-9,15-17H,10-14H2,1-3H3/p+1. The second-order valence-corrected chi connectivity index (χ2v) is 9.85. The van der Waals surface area contributed by atoms with Gasteiger partial charge in [0.2, 0.25) is 0 Å². The van der Waals surface area contributed by atoms with Crippen molar-refractivity contribution >= 4 is 10.8 Å². The Hall–Kier alpha value is -2.50. The van der Waals surface area contributed by atoms with Gasteiger partial charge in [-0.05, 0) is 71.5 Å². The van der Waals surface area contributed by atoms with Gasteiger partial charge < -0.3 is 9.64 Å². The lowest BCUT2D eigenvalue weighted by molar-refractivity contribution is -0.878. The van der Waals surface area contributed by atoms with Crippen molar-refractivity contribution in [3.05, 3.63) is 88.2 Å². The van der Waals surface area contributed by atoms with Gasteiger partial charge >= 0.3 is 0 Å². The van der Waals surface area contributed by atoms with Gasteiger partial charge in [-0.3, -0.25) is 0 Å². The summed E-state index contributed by atoms with van der Waals surface area (Å²) in [5.41, 5.74) is 5.21. The number of ether oxygens (including phenoxy) is 1. The lowest BCUT2D eigenvalue weighted by Gasteiger charge is -2.13. The first kappa shape index (κ1) is 21.7. The van der Waals surface area contributed by atoms with E-state index in [-0.39, 0.29) is 5.82 Å². The third kappa shape index (κ3) is 4.89. The Morgan fingerprint density at radius 2 is 1.61 bits per heavy atom. The molecule has 0 saturated heterocycles. The number of hydrogen-bond acceptors (Lipinski definition) is 2. The molecule has 2 unspecified atom stereocenters. The van der Waals surface area contributed by atoms with E-state index in [0.29, 0.717) is 17.7 Å². The Morgan fingerprint density at radius 1 is 0.968 bits per heavy atom. The average molecular weight is 439 g/mol. The fraction of sp³-hybridized carbons (Fsp3) is 0.308. The van der Waals surface area contributed by atoms with E-state index in [1.807, 2.05) is 30.3 Å². The summed E-state index contributed by atoms with van der Waals surface area (Å²) in [6.45, 7) is 3.95. The highest BCUT2D eigenvalue weighted by molar-refractivity contribution is 7.85. The average Bonchev–Trinajstić information content (AvgIpc) is 2.96. The van der Waals surface area contributed by atoms with Crippen molar-refractivity contribution in [2.75, 3.05) is 27.2 Å². The number of aryl methyl sites for hydroxylation is 1. The van der Waals surface area contributed by atoms with Crippen LogP contribution in [0.15, 0.2) is 64.4 Å². The Labute approximate surface area is 186 Å². The van der Waals surface area contributed by atoms with Crippen molar-refractivity contribution in [3.8, 4) is 5.75 Å². The van der Waals surface area contributed by atoms with Crippen LogP contribution in [0.2, 0.25) is 0 Å². The zero-order chi connectivity index (χ0) is 22.0. The number of hydrogen-bond donors (Lipinski definition) is 1. The molecule has 1 aliphatic rings. The molecule has 2 atom stereocenters. The van der Waals surface area contributed by atoms with Crippen molar-refractivity contribution in [1.29, 1.82) is 0 Å². The largest absolute Gasteiger partial charge is 0.495 e. The molecule has 1 heterocycles. The number of halogens is 1. The molecule has 0 aromatic heterocycles. The van der Waals surface area contributed by atoms with Crippen LogP contribution >= 0.6 is 0 Å². The minimum atomic E-state index is -1.32. The van der Waals surface area contributed by atoms with E-state index < -0.39 is 10.8 Å². The van der Waals surface area contributed by atoms with E-state index in [0.717, 1.165) is 46.8 Å². The van der Waals surface area contributed by atoms with Crippen molar-refractivity contribution in [3.63, 3.8) is 0 Å². The summed E-state index contributed by atoms with van der Waals surface area (Å²) in [7, 11) is 2.53. The van der Waals surface area contributed by atoms with E-state index in [1.165, 1.54) is 16.0 Å². The fourth-order valence-corrected chi connectivity index (χ4v) is 5.29. The van der Waals surface area contributed by atoms with Crippen LogP contribution in [-0.4, -0.2) is 31.5 Å². The van der Waals surface area contributed by atoms with Gasteiger partial charge in [0.15, 0.2) is 0 Å². The topological polar surface area (TPSA) is 30.7 Å².